The molecule has 176 valence electrons. The van der Waals surface area contributed by atoms with Gasteiger partial charge >= 0.3 is 5.97 Å². The molecule has 0 aromatic carbocycles. The first-order valence-corrected chi connectivity index (χ1v) is 11.7. The topological polar surface area (TPSA) is 120 Å². The first kappa shape index (κ1) is 21.0. The van der Waals surface area contributed by atoms with Crippen LogP contribution in [0.1, 0.15) is 31.4 Å². The Morgan fingerprint density at radius 2 is 2.06 bits per heavy atom. The van der Waals surface area contributed by atoms with Gasteiger partial charge in [-0.15, -0.1) is 5.10 Å². The van der Waals surface area contributed by atoms with Crippen LogP contribution in [0, 0.1) is 23.6 Å². The van der Waals surface area contributed by atoms with E-state index in [2.05, 4.69) is 20.6 Å². The van der Waals surface area contributed by atoms with Gasteiger partial charge in [0.2, 0.25) is 0 Å². The highest BCUT2D eigenvalue weighted by molar-refractivity contribution is 5.92. The number of H-pyrrole nitrogens is 1. The molecule has 2 bridgehead atoms. The molecule has 3 aliphatic rings. The normalized spacial score (nSPS) is 24.2. The lowest BCUT2D eigenvalue weighted by atomic mass is 9.61. The van der Waals surface area contributed by atoms with Crippen molar-refractivity contribution in [3.8, 4) is 11.4 Å². The second-order valence-electron chi connectivity index (χ2n) is 9.40. The van der Waals surface area contributed by atoms with Crippen LogP contribution >= 0.6 is 0 Å². The number of halogens is 1. The number of anilines is 1. The van der Waals surface area contributed by atoms with Gasteiger partial charge in [-0.25, -0.2) is 18.9 Å². The van der Waals surface area contributed by atoms with E-state index >= 15 is 0 Å². The van der Waals surface area contributed by atoms with Crippen molar-refractivity contribution in [1.29, 1.82) is 0 Å². The molecule has 3 saturated carbocycles. The molecule has 0 aliphatic heterocycles. The van der Waals surface area contributed by atoms with Gasteiger partial charge < -0.3 is 20.7 Å². The molecule has 0 spiro atoms. The van der Waals surface area contributed by atoms with E-state index in [1.807, 2.05) is 23.7 Å². The number of fused-ring (bicyclic) bond motifs is 5. The second-order valence-corrected chi connectivity index (χ2v) is 9.40. The number of carbonyl (C=O) groups is 1. The number of rotatable bonds is 6. The number of hydrogen-bond donors (Lipinski definition) is 4. The van der Waals surface area contributed by atoms with Crippen molar-refractivity contribution in [3.05, 3.63) is 42.1 Å². The zero-order valence-electron chi connectivity index (χ0n) is 18.8. The molecular formula is C24H26FN7O2. The lowest BCUT2D eigenvalue weighted by Gasteiger charge is -2.47. The fourth-order valence-electron chi connectivity index (χ4n) is 5.92. The lowest BCUT2D eigenvalue weighted by molar-refractivity contribution is -0.148. The molecule has 0 amide bonds. The molecule has 0 radical (unpaired) electrons. The first-order chi connectivity index (χ1) is 16.5. The number of hydrogen-bond acceptors (Lipinski definition) is 6. The first-order valence-electron chi connectivity index (χ1n) is 11.7. The van der Waals surface area contributed by atoms with Crippen molar-refractivity contribution in [2.24, 2.45) is 17.8 Å². The number of carboxylic acid groups (broad SMARTS) is 1. The van der Waals surface area contributed by atoms with Gasteiger partial charge in [0.15, 0.2) is 11.6 Å². The molecule has 3 aliphatic carbocycles. The van der Waals surface area contributed by atoms with Crippen molar-refractivity contribution in [3.63, 3.8) is 0 Å². The molecule has 10 heteroatoms. The highest BCUT2D eigenvalue weighted by atomic mass is 19.1. The van der Waals surface area contributed by atoms with Gasteiger partial charge in [0, 0.05) is 29.7 Å². The third-order valence-electron chi connectivity index (χ3n) is 7.49. The van der Waals surface area contributed by atoms with E-state index in [0.717, 1.165) is 36.9 Å². The van der Waals surface area contributed by atoms with Crippen molar-refractivity contribution >= 4 is 28.3 Å². The van der Waals surface area contributed by atoms with Crippen LogP contribution in [0.5, 0.6) is 0 Å². The number of aliphatic carboxylic acids is 1. The fourth-order valence-corrected chi connectivity index (χ4v) is 5.92. The van der Waals surface area contributed by atoms with E-state index < -0.39 is 17.7 Å². The maximum absolute atomic E-state index is 14.0. The van der Waals surface area contributed by atoms with Crippen LogP contribution in [-0.2, 0) is 11.3 Å². The molecule has 0 saturated heterocycles. The lowest BCUT2D eigenvalue weighted by Crippen LogP contribution is -2.51. The highest BCUT2D eigenvalue weighted by Gasteiger charge is 2.47. The minimum absolute atomic E-state index is 0.187. The minimum Gasteiger partial charge on any atom is -0.481 e. The van der Waals surface area contributed by atoms with Crippen LogP contribution in [0.2, 0.25) is 0 Å². The molecule has 9 nitrogen and oxygen atoms in total. The Morgan fingerprint density at radius 1 is 1.26 bits per heavy atom. The average Bonchev–Trinajstić information content (AvgIpc) is 3.44. The van der Waals surface area contributed by atoms with Gasteiger partial charge in [0.25, 0.3) is 0 Å². The van der Waals surface area contributed by atoms with Gasteiger partial charge in [0.05, 0.1) is 17.8 Å². The minimum atomic E-state index is -0.748. The van der Waals surface area contributed by atoms with Crippen LogP contribution in [-0.4, -0.2) is 48.7 Å². The molecule has 34 heavy (non-hydrogen) atoms. The Labute approximate surface area is 194 Å². The Morgan fingerprint density at radius 3 is 2.82 bits per heavy atom. The summed E-state index contributed by atoms with van der Waals surface area (Å²) in [7, 11) is 1.87. The van der Waals surface area contributed by atoms with Crippen molar-refractivity contribution in [2.75, 3.05) is 12.4 Å². The quantitative estimate of drug-likeness (QED) is 0.346. The van der Waals surface area contributed by atoms with Crippen molar-refractivity contribution in [1.82, 2.24) is 29.9 Å². The number of pyridine rings is 1. The average molecular weight is 464 g/mol. The van der Waals surface area contributed by atoms with Gasteiger partial charge in [-0.05, 0) is 62.8 Å². The highest BCUT2D eigenvalue weighted by Crippen LogP contribution is 2.46. The number of nitrogens with zero attached hydrogens (tertiary/aromatic N) is 4. The Hall–Kier alpha value is -3.53. The molecule has 4 aromatic heterocycles. The third kappa shape index (κ3) is 3.32. The van der Waals surface area contributed by atoms with Crippen LogP contribution in [0.4, 0.5) is 10.2 Å². The number of aromatic amines is 1. The largest absolute Gasteiger partial charge is 0.481 e. The maximum atomic E-state index is 14.0. The van der Waals surface area contributed by atoms with E-state index in [9.17, 15) is 14.3 Å². The molecule has 4 aromatic rings. The second kappa shape index (κ2) is 8.05. The summed E-state index contributed by atoms with van der Waals surface area (Å²) in [5.74, 6) is -0.142. The van der Waals surface area contributed by atoms with Crippen LogP contribution in [0.3, 0.4) is 0 Å². The summed E-state index contributed by atoms with van der Waals surface area (Å²) >= 11 is 0. The Kier molecular flexibility index (Phi) is 4.98. The summed E-state index contributed by atoms with van der Waals surface area (Å²) in [6, 6.07) is 5.15. The molecule has 2 atom stereocenters. The predicted octanol–water partition coefficient (Wildman–Crippen LogP) is 3.43. The molecule has 4 heterocycles. The summed E-state index contributed by atoms with van der Waals surface area (Å²) in [5, 5.41) is 22.1. The third-order valence-corrected chi connectivity index (χ3v) is 7.49. The van der Waals surface area contributed by atoms with E-state index in [-0.39, 0.29) is 12.0 Å². The van der Waals surface area contributed by atoms with Gasteiger partial charge in [-0.2, -0.15) is 0 Å². The molecular weight excluding hydrogens is 437 g/mol. The number of nitrogens with one attached hydrogen (secondary N) is 3. The molecule has 4 N–H and O–H groups in total. The molecule has 0 unspecified atom stereocenters. The Bertz CT molecular complexity index is 1390. The SMILES string of the molecule is CNCc1ccc2c(N[C@H]3C4CCC(CC4)[C@@H]3C(=O)O)nc(-c3c[nH]c4ncc(F)cc34)nn12. The predicted molar refractivity (Wildman–Crippen MR) is 125 cm³/mol. The van der Waals surface area contributed by atoms with E-state index in [1.54, 1.807) is 6.20 Å². The fraction of sp³-hybridized carbons (Fsp3) is 0.417. The van der Waals surface area contributed by atoms with E-state index in [0.29, 0.717) is 40.7 Å². The summed E-state index contributed by atoms with van der Waals surface area (Å²) in [6.07, 6.45) is 6.89. The monoisotopic (exact) mass is 463 g/mol. The molecule has 3 fully saturated rings. The van der Waals surface area contributed by atoms with Gasteiger partial charge in [-0.3, -0.25) is 4.79 Å². The zero-order chi connectivity index (χ0) is 23.4. The van der Waals surface area contributed by atoms with Gasteiger partial charge in [-0.1, -0.05) is 0 Å². The van der Waals surface area contributed by atoms with Gasteiger partial charge in [0.1, 0.15) is 17.0 Å². The molecule has 7 rings (SSSR count). The van der Waals surface area contributed by atoms with E-state index in [4.69, 9.17) is 10.1 Å². The van der Waals surface area contributed by atoms with Crippen LogP contribution < -0.4 is 10.6 Å². The van der Waals surface area contributed by atoms with Crippen molar-refractivity contribution in [2.45, 2.75) is 38.3 Å². The van der Waals surface area contributed by atoms with Crippen LogP contribution in [0.25, 0.3) is 27.9 Å². The summed E-state index contributed by atoms with van der Waals surface area (Å²) in [6.45, 7) is 0.597. The number of aromatic nitrogens is 5. The standard InChI is InChI=1S/C24H26FN7O2/c1-26-10-15-6-7-18-23(29-20-13-4-2-12(3-5-13)19(20)24(33)34)30-22(31-32(15)18)17-11-28-21-16(17)8-14(25)9-27-21/h6-9,11-13,19-20,26H,2-5,10H2,1H3,(H,27,28)(H,33,34)(H,29,30,31)/t12?,13?,19-,20-/m0/s1. The summed E-state index contributed by atoms with van der Waals surface area (Å²) in [5.41, 5.74) is 2.90. The Balaban J connectivity index is 1.49. The van der Waals surface area contributed by atoms with Crippen LogP contribution in [0.15, 0.2) is 30.6 Å². The number of carboxylic acids is 1. The smallest absolute Gasteiger partial charge is 0.308 e. The van der Waals surface area contributed by atoms with E-state index in [1.165, 1.54) is 12.3 Å². The summed E-state index contributed by atoms with van der Waals surface area (Å²) in [4.78, 5) is 24.2. The zero-order valence-corrected chi connectivity index (χ0v) is 18.8. The summed E-state index contributed by atoms with van der Waals surface area (Å²) < 4.78 is 15.8. The van der Waals surface area contributed by atoms with Crippen molar-refractivity contribution < 1.29 is 14.3 Å². The maximum Gasteiger partial charge on any atom is 0.308 e.